The number of carboxylic acid groups (broad SMARTS) is 1. The quantitative estimate of drug-likeness (QED) is 0.551. The molecule has 116 valence electrons. The number of non-ortho nitro benzene ring substituents is 1. The summed E-state index contributed by atoms with van der Waals surface area (Å²) in [5, 5.41) is 21.2. The third kappa shape index (κ3) is 2.70. The average Bonchev–Trinajstić information content (AvgIpc) is 2.81. The molecule has 3 rings (SSSR count). The summed E-state index contributed by atoms with van der Waals surface area (Å²) in [7, 11) is 0. The lowest BCUT2D eigenvalue weighted by molar-refractivity contribution is -0.384. The van der Waals surface area contributed by atoms with Gasteiger partial charge in [-0.1, -0.05) is 30.3 Å². The lowest BCUT2D eigenvalue weighted by Crippen LogP contribution is -2.10. The number of hydrogen-bond donors (Lipinski definition) is 1. The van der Waals surface area contributed by atoms with Gasteiger partial charge in [-0.2, -0.15) is 0 Å². The van der Waals surface area contributed by atoms with E-state index in [1.807, 2.05) is 24.3 Å². The van der Waals surface area contributed by atoms with Crippen molar-refractivity contribution in [3.8, 4) is 0 Å². The summed E-state index contributed by atoms with van der Waals surface area (Å²) in [6, 6.07) is 13.5. The van der Waals surface area contributed by atoms with Crippen LogP contribution in [0.2, 0.25) is 0 Å². The van der Waals surface area contributed by atoms with Crippen molar-refractivity contribution in [3.63, 3.8) is 0 Å². The van der Waals surface area contributed by atoms with Gasteiger partial charge in [-0.05, 0) is 27.6 Å². The minimum atomic E-state index is -1.06. The maximum absolute atomic E-state index is 11.6. The zero-order chi connectivity index (χ0) is 16.6. The number of halogens is 1. The van der Waals surface area contributed by atoms with Crippen molar-refractivity contribution < 1.29 is 14.8 Å². The Morgan fingerprint density at radius 3 is 2.65 bits per heavy atom. The van der Waals surface area contributed by atoms with Gasteiger partial charge >= 0.3 is 5.97 Å². The molecule has 0 bridgehead atoms. The molecule has 0 aliphatic carbocycles. The predicted octanol–water partition coefficient (Wildman–Crippen LogP) is 4.06. The van der Waals surface area contributed by atoms with Gasteiger partial charge in [0.2, 0.25) is 0 Å². The highest BCUT2D eigenvalue weighted by Crippen LogP contribution is 2.32. The molecule has 1 N–H and O–H groups in total. The maximum Gasteiger partial charge on any atom is 0.353 e. The number of nitrogens with zero attached hydrogens (tertiary/aromatic N) is 2. The Morgan fingerprint density at radius 2 is 1.96 bits per heavy atom. The van der Waals surface area contributed by atoms with Crippen LogP contribution in [0.3, 0.4) is 0 Å². The molecular formula is C16H11BrN2O4. The van der Waals surface area contributed by atoms with E-state index in [9.17, 15) is 20.0 Å². The van der Waals surface area contributed by atoms with Gasteiger partial charge in [0.25, 0.3) is 5.69 Å². The van der Waals surface area contributed by atoms with Gasteiger partial charge in [0.15, 0.2) is 0 Å². The standard InChI is InChI=1S/C16H11BrN2O4/c17-14-12-6-1-2-7-13(12)18(15(14)16(20)21)9-10-4-3-5-11(8-10)19(22)23/h1-8H,9H2,(H,20,21). The van der Waals surface area contributed by atoms with Crippen LogP contribution in [0, 0.1) is 10.1 Å². The highest BCUT2D eigenvalue weighted by Gasteiger charge is 2.21. The van der Waals surface area contributed by atoms with Crippen LogP contribution in [0.25, 0.3) is 10.9 Å². The molecule has 0 saturated carbocycles. The van der Waals surface area contributed by atoms with Gasteiger partial charge in [-0.25, -0.2) is 4.79 Å². The Labute approximate surface area is 139 Å². The molecule has 0 amide bonds. The van der Waals surface area contributed by atoms with Crippen LogP contribution in [0.5, 0.6) is 0 Å². The van der Waals surface area contributed by atoms with Crippen LogP contribution in [0.4, 0.5) is 5.69 Å². The Balaban J connectivity index is 2.16. The summed E-state index contributed by atoms with van der Waals surface area (Å²) < 4.78 is 2.15. The summed E-state index contributed by atoms with van der Waals surface area (Å²) in [6.07, 6.45) is 0. The molecule has 7 heteroatoms. The van der Waals surface area contributed by atoms with E-state index in [1.54, 1.807) is 16.7 Å². The van der Waals surface area contributed by atoms with Crippen molar-refractivity contribution >= 4 is 38.5 Å². The first-order chi connectivity index (χ1) is 11.0. The van der Waals surface area contributed by atoms with Gasteiger partial charge in [-0.3, -0.25) is 10.1 Å². The third-order valence-corrected chi connectivity index (χ3v) is 4.38. The molecule has 0 aliphatic rings. The van der Waals surface area contributed by atoms with E-state index in [2.05, 4.69) is 15.9 Å². The first kappa shape index (κ1) is 15.2. The SMILES string of the molecule is O=C(O)c1c(Br)c2ccccc2n1Cc1cccc([N+](=O)[O-])c1. The molecular weight excluding hydrogens is 364 g/mol. The van der Waals surface area contributed by atoms with Crippen molar-refractivity contribution in [2.24, 2.45) is 0 Å². The number of nitro groups is 1. The van der Waals surface area contributed by atoms with Gasteiger partial charge in [-0.15, -0.1) is 0 Å². The molecule has 0 unspecified atom stereocenters. The highest BCUT2D eigenvalue weighted by atomic mass is 79.9. The monoisotopic (exact) mass is 374 g/mol. The Kier molecular flexibility index (Phi) is 3.87. The second-order valence-corrected chi connectivity index (χ2v) is 5.79. The predicted molar refractivity (Wildman–Crippen MR) is 88.8 cm³/mol. The fourth-order valence-electron chi connectivity index (χ4n) is 2.59. The van der Waals surface area contributed by atoms with Crippen molar-refractivity contribution in [2.75, 3.05) is 0 Å². The second kappa shape index (κ2) is 5.85. The number of carboxylic acids is 1. The molecule has 0 radical (unpaired) electrons. The van der Waals surface area contributed by atoms with Gasteiger partial charge in [0.1, 0.15) is 5.69 Å². The lowest BCUT2D eigenvalue weighted by atomic mass is 10.2. The largest absolute Gasteiger partial charge is 0.477 e. The molecule has 23 heavy (non-hydrogen) atoms. The molecule has 0 fully saturated rings. The number of aromatic carboxylic acids is 1. The smallest absolute Gasteiger partial charge is 0.353 e. The van der Waals surface area contributed by atoms with Crippen LogP contribution >= 0.6 is 15.9 Å². The summed E-state index contributed by atoms with van der Waals surface area (Å²) in [6.45, 7) is 0.232. The zero-order valence-electron chi connectivity index (χ0n) is 11.8. The minimum absolute atomic E-state index is 0.0186. The van der Waals surface area contributed by atoms with Crippen molar-refractivity contribution in [1.82, 2.24) is 4.57 Å². The topological polar surface area (TPSA) is 85.4 Å². The molecule has 1 aromatic heterocycles. The molecule has 0 spiro atoms. The molecule has 3 aromatic rings. The van der Waals surface area contributed by atoms with Crippen LogP contribution < -0.4 is 0 Å². The maximum atomic E-state index is 11.6. The van der Waals surface area contributed by atoms with Crippen molar-refractivity contribution in [1.29, 1.82) is 0 Å². The molecule has 1 heterocycles. The van der Waals surface area contributed by atoms with E-state index in [0.717, 1.165) is 10.9 Å². The summed E-state index contributed by atoms with van der Waals surface area (Å²) >= 11 is 3.34. The lowest BCUT2D eigenvalue weighted by Gasteiger charge is -2.08. The highest BCUT2D eigenvalue weighted by molar-refractivity contribution is 9.10. The summed E-state index contributed by atoms with van der Waals surface area (Å²) in [5.74, 6) is -1.06. The number of para-hydroxylation sites is 1. The van der Waals surface area contributed by atoms with E-state index in [1.165, 1.54) is 12.1 Å². The summed E-state index contributed by atoms with van der Waals surface area (Å²) in [4.78, 5) is 22.0. The van der Waals surface area contributed by atoms with Crippen LogP contribution in [-0.2, 0) is 6.54 Å². The van der Waals surface area contributed by atoms with Crippen molar-refractivity contribution in [2.45, 2.75) is 6.54 Å². The van der Waals surface area contributed by atoms with Crippen molar-refractivity contribution in [3.05, 3.63) is 74.4 Å². The van der Waals surface area contributed by atoms with E-state index in [-0.39, 0.29) is 17.9 Å². The van der Waals surface area contributed by atoms with E-state index in [4.69, 9.17) is 0 Å². The van der Waals surface area contributed by atoms with E-state index >= 15 is 0 Å². The van der Waals surface area contributed by atoms with Crippen LogP contribution in [0.1, 0.15) is 16.1 Å². The number of fused-ring (bicyclic) bond motifs is 1. The summed E-state index contributed by atoms with van der Waals surface area (Å²) in [5.41, 5.74) is 1.52. The zero-order valence-corrected chi connectivity index (χ0v) is 13.4. The minimum Gasteiger partial charge on any atom is -0.477 e. The molecule has 0 aliphatic heterocycles. The molecule has 6 nitrogen and oxygen atoms in total. The number of carbonyl (C=O) groups is 1. The molecule has 0 atom stereocenters. The van der Waals surface area contributed by atoms with Gasteiger partial charge in [0, 0.05) is 24.1 Å². The first-order valence-electron chi connectivity index (χ1n) is 6.72. The number of aromatic nitrogens is 1. The van der Waals surface area contributed by atoms with E-state index < -0.39 is 10.9 Å². The third-order valence-electron chi connectivity index (χ3n) is 3.57. The second-order valence-electron chi connectivity index (χ2n) is 5.00. The number of nitro benzene ring substituents is 1. The Morgan fingerprint density at radius 1 is 1.22 bits per heavy atom. The number of rotatable bonds is 4. The fourth-order valence-corrected chi connectivity index (χ4v) is 3.30. The van der Waals surface area contributed by atoms with Crippen LogP contribution in [0.15, 0.2) is 53.0 Å². The number of hydrogen-bond acceptors (Lipinski definition) is 3. The number of benzene rings is 2. The van der Waals surface area contributed by atoms with Crippen LogP contribution in [-0.4, -0.2) is 20.6 Å². The fraction of sp³-hybridized carbons (Fsp3) is 0.0625. The van der Waals surface area contributed by atoms with E-state index in [0.29, 0.717) is 10.0 Å². The normalized spacial score (nSPS) is 10.8. The van der Waals surface area contributed by atoms with Gasteiger partial charge in [0.05, 0.1) is 14.9 Å². The average molecular weight is 375 g/mol. The molecule has 2 aromatic carbocycles. The Bertz CT molecular complexity index is 933. The Hall–Kier alpha value is -2.67. The first-order valence-corrected chi connectivity index (χ1v) is 7.51. The molecule has 0 saturated heterocycles. The van der Waals surface area contributed by atoms with Gasteiger partial charge < -0.3 is 9.67 Å².